The maximum atomic E-state index is 11.2. The minimum Gasteiger partial charge on any atom is -0.368 e. The molecule has 0 atom stereocenters. The van der Waals surface area contributed by atoms with Crippen LogP contribution < -0.4 is 11.1 Å². The monoisotopic (exact) mass is 214 g/mol. The van der Waals surface area contributed by atoms with E-state index < -0.39 is 11.8 Å². The van der Waals surface area contributed by atoms with Gasteiger partial charge in [-0.25, -0.2) is 0 Å². The molecule has 0 aliphatic carbocycles. The van der Waals surface area contributed by atoms with Crippen molar-refractivity contribution in [2.24, 2.45) is 5.73 Å². The minimum absolute atomic E-state index is 0.0793. The molecule has 0 aliphatic rings. The van der Waals surface area contributed by atoms with E-state index in [1.807, 2.05) is 0 Å². The van der Waals surface area contributed by atoms with Crippen LogP contribution in [0.25, 0.3) is 0 Å². The van der Waals surface area contributed by atoms with Gasteiger partial charge in [0.2, 0.25) is 5.91 Å². The van der Waals surface area contributed by atoms with Gasteiger partial charge in [-0.15, -0.1) is 10.2 Å². The summed E-state index contributed by atoms with van der Waals surface area (Å²) in [6.45, 7) is -0.233. The van der Waals surface area contributed by atoms with E-state index in [2.05, 4.69) is 15.5 Å². The van der Waals surface area contributed by atoms with Crippen molar-refractivity contribution in [1.82, 2.24) is 15.5 Å². The van der Waals surface area contributed by atoms with Gasteiger partial charge in [-0.05, 0) is 12.1 Å². The molecule has 0 saturated heterocycles. The van der Waals surface area contributed by atoms with Gasteiger partial charge in [0.15, 0.2) is 10.8 Å². The van der Waals surface area contributed by atoms with Crippen molar-refractivity contribution < 1.29 is 9.59 Å². The van der Waals surface area contributed by atoms with Gasteiger partial charge >= 0.3 is 0 Å². The number of nitrogens with one attached hydrogen (secondary N) is 1. The van der Waals surface area contributed by atoms with Gasteiger partial charge < -0.3 is 11.1 Å². The Morgan fingerprint density at radius 2 is 2.14 bits per heavy atom. The van der Waals surface area contributed by atoms with Crippen LogP contribution in [0.2, 0.25) is 5.15 Å². The first-order valence-electron chi connectivity index (χ1n) is 3.65. The summed E-state index contributed by atoms with van der Waals surface area (Å²) in [7, 11) is 0. The Labute approximate surface area is 84.5 Å². The second kappa shape index (κ2) is 4.52. The van der Waals surface area contributed by atoms with Crippen molar-refractivity contribution in [3.63, 3.8) is 0 Å². The summed E-state index contributed by atoms with van der Waals surface area (Å²) in [5, 5.41) is 9.43. The first-order chi connectivity index (χ1) is 6.59. The van der Waals surface area contributed by atoms with Gasteiger partial charge in [0.1, 0.15) is 0 Å². The highest BCUT2D eigenvalue weighted by Gasteiger charge is 2.07. The number of carbonyl (C=O) groups is 2. The molecule has 1 aromatic rings. The summed E-state index contributed by atoms with van der Waals surface area (Å²) in [6, 6.07) is 2.82. The van der Waals surface area contributed by atoms with Crippen LogP contribution in [0.1, 0.15) is 10.5 Å². The van der Waals surface area contributed by atoms with Crippen molar-refractivity contribution in [3.8, 4) is 0 Å². The van der Waals surface area contributed by atoms with Crippen LogP contribution in [-0.2, 0) is 4.79 Å². The number of amides is 2. The molecule has 14 heavy (non-hydrogen) atoms. The third kappa shape index (κ3) is 2.98. The maximum absolute atomic E-state index is 11.2. The van der Waals surface area contributed by atoms with E-state index in [9.17, 15) is 9.59 Å². The Bertz CT molecular complexity index is 351. The van der Waals surface area contributed by atoms with E-state index in [4.69, 9.17) is 17.3 Å². The molecule has 0 unspecified atom stereocenters. The van der Waals surface area contributed by atoms with Crippen LogP contribution in [0.5, 0.6) is 0 Å². The summed E-state index contributed by atoms with van der Waals surface area (Å²) in [6.07, 6.45) is 0. The van der Waals surface area contributed by atoms with Crippen LogP contribution >= 0.6 is 11.6 Å². The molecule has 7 heteroatoms. The van der Waals surface area contributed by atoms with E-state index in [-0.39, 0.29) is 17.4 Å². The number of nitrogens with two attached hydrogens (primary N) is 1. The molecule has 1 rings (SSSR count). The highest BCUT2D eigenvalue weighted by atomic mass is 35.5. The van der Waals surface area contributed by atoms with E-state index >= 15 is 0 Å². The number of aromatic nitrogens is 2. The van der Waals surface area contributed by atoms with Gasteiger partial charge in [0.25, 0.3) is 5.91 Å². The van der Waals surface area contributed by atoms with Crippen LogP contribution in [-0.4, -0.2) is 28.6 Å². The average Bonchev–Trinajstić information content (AvgIpc) is 2.15. The van der Waals surface area contributed by atoms with Crippen LogP contribution in [0.15, 0.2) is 12.1 Å². The molecule has 1 aromatic heterocycles. The Hall–Kier alpha value is -1.69. The fraction of sp³-hybridized carbons (Fsp3) is 0.143. The highest BCUT2D eigenvalue weighted by molar-refractivity contribution is 6.29. The van der Waals surface area contributed by atoms with Crippen molar-refractivity contribution in [2.45, 2.75) is 0 Å². The van der Waals surface area contributed by atoms with Gasteiger partial charge in [0.05, 0.1) is 6.54 Å². The van der Waals surface area contributed by atoms with Crippen molar-refractivity contribution in [3.05, 3.63) is 23.0 Å². The van der Waals surface area contributed by atoms with E-state index in [1.54, 1.807) is 0 Å². The fourth-order valence-corrected chi connectivity index (χ4v) is 0.796. The predicted molar refractivity (Wildman–Crippen MR) is 48.6 cm³/mol. The SMILES string of the molecule is NC(=O)CNC(=O)c1ccc(Cl)nn1. The molecule has 0 aromatic carbocycles. The zero-order chi connectivity index (χ0) is 10.6. The number of primary amides is 1. The van der Waals surface area contributed by atoms with E-state index in [1.165, 1.54) is 12.1 Å². The van der Waals surface area contributed by atoms with E-state index in [0.717, 1.165) is 0 Å². The summed E-state index contributed by atoms with van der Waals surface area (Å²) in [5.41, 5.74) is 4.91. The zero-order valence-corrected chi connectivity index (χ0v) is 7.78. The van der Waals surface area contributed by atoms with Gasteiger partial charge in [-0.1, -0.05) is 11.6 Å². The lowest BCUT2D eigenvalue weighted by molar-refractivity contribution is -0.117. The van der Waals surface area contributed by atoms with Crippen molar-refractivity contribution in [2.75, 3.05) is 6.54 Å². The molecule has 2 amide bonds. The lowest BCUT2D eigenvalue weighted by Crippen LogP contribution is -2.33. The van der Waals surface area contributed by atoms with Gasteiger partial charge in [-0.2, -0.15) is 0 Å². The Morgan fingerprint density at radius 1 is 1.43 bits per heavy atom. The number of carbonyl (C=O) groups excluding carboxylic acids is 2. The largest absolute Gasteiger partial charge is 0.368 e. The normalized spacial score (nSPS) is 9.50. The molecule has 6 nitrogen and oxygen atoms in total. The number of hydrogen-bond acceptors (Lipinski definition) is 4. The maximum Gasteiger partial charge on any atom is 0.272 e. The number of rotatable bonds is 3. The standard InChI is InChI=1S/C7H7ClN4O2/c8-5-2-1-4(11-12-5)7(14)10-3-6(9)13/h1-2H,3H2,(H2,9,13)(H,10,14). The van der Waals surface area contributed by atoms with Crippen LogP contribution in [0.3, 0.4) is 0 Å². The fourth-order valence-electron chi connectivity index (χ4n) is 0.695. The predicted octanol–water partition coefficient (Wildman–Crippen LogP) is -0.655. The molecule has 0 saturated carbocycles. The number of halogens is 1. The minimum atomic E-state index is -0.625. The Balaban J connectivity index is 2.61. The third-order valence-corrected chi connectivity index (χ3v) is 1.49. The first kappa shape index (κ1) is 10.4. The second-order valence-electron chi connectivity index (χ2n) is 2.39. The molecule has 0 spiro atoms. The van der Waals surface area contributed by atoms with Gasteiger partial charge in [0, 0.05) is 0 Å². The molecule has 74 valence electrons. The first-order valence-corrected chi connectivity index (χ1v) is 4.03. The Kier molecular flexibility index (Phi) is 3.35. The topological polar surface area (TPSA) is 98.0 Å². The number of nitrogens with zero attached hydrogens (tertiary/aromatic N) is 2. The summed E-state index contributed by atoms with van der Waals surface area (Å²) >= 11 is 5.46. The Morgan fingerprint density at radius 3 is 2.64 bits per heavy atom. The lowest BCUT2D eigenvalue weighted by atomic mass is 10.3. The van der Waals surface area contributed by atoms with Crippen LogP contribution in [0.4, 0.5) is 0 Å². The molecule has 1 heterocycles. The average molecular weight is 215 g/mol. The zero-order valence-electron chi connectivity index (χ0n) is 7.03. The molecule has 3 N–H and O–H groups in total. The molecule has 0 fully saturated rings. The quantitative estimate of drug-likeness (QED) is 0.698. The molecule has 0 aliphatic heterocycles. The van der Waals surface area contributed by atoms with E-state index in [0.29, 0.717) is 0 Å². The van der Waals surface area contributed by atoms with Gasteiger partial charge in [-0.3, -0.25) is 9.59 Å². The second-order valence-corrected chi connectivity index (χ2v) is 2.78. The lowest BCUT2D eigenvalue weighted by Gasteiger charge is -2.00. The smallest absolute Gasteiger partial charge is 0.272 e. The van der Waals surface area contributed by atoms with Crippen molar-refractivity contribution >= 4 is 23.4 Å². The molecular formula is C7H7ClN4O2. The summed E-state index contributed by atoms with van der Waals surface area (Å²) in [5.74, 6) is -1.15. The highest BCUT2D eigenvalue weighted by Crippen LogP contribution is 2.01. The molecular weight excluding hydrogens is 208 g/mol. The van der Waals surface area contributed by atoms with Crippen molar-refractivity contribution in [1.29, 1.82) is 0 Å². The number of hydrogen-bond donors (Lipinski definition) is 2. The molecule has 0 radical (unpaired) electrons. The summed E-state index contributed by atoms with van der Waals surface area (Å²) in [4.78, 5) is 21.5. The van der Waals surface area contributed by atoms with Crippen LogP contribution in [0, 0.1) is 0 Å². The summed E-state index contributed by atoms with van der Waals surface area (Å²) < 4.78 is 0. The molecule has 0 bridgehead atoms. The third-order valence-electron chi connectivity index (χ3n) is 1.29.